The zero-order valence-corrected chi connectivity index (χ0v) is 13.3. The largest absolute Gasteiger partial charge is 0.489 e. The van der Waals surface area contributed by atoms with E-state index in [4.69, 9.17) is 16.3 Å². The van der Waals surface area contributed by atoms with Gasteiger partial charge in [-0.15, -0.1) is 0 Å². The molecule has 5 heteroatoms. The Morgan fingerprint density at radius 3 is 2.75 bits per heavy atom. The van der Waals surface area contributed by atoms with Gasteiger partial charge in [-0.25, -0.2) is 4.39 Å². The van der Waals surface area contributed by atoms with Crippen LogP contribution in [0, 0.1) is 5.82 Å². The summed E-state index contributed by atoms with van der Waals surface area (Å²) in [5.41, 5.74) is 1.94. The van der Waals surface area contributed by atoms with E-state index in [1.165, 1.54) is 6.07 Å². The Morgan fingerprint density at radius 1 is 1.25 bits per heavy atom. The fourth-order valence-corrected chi connectivity index (χ4v) is 2.35. The van der Waals surface area contributed by atoms with Crippen LogP contribution in [0.3, 0.4) is 0 Å². The van der Waals surface area contributed by atoms with Crippen LogP contribution in [0.25, 0.3) is 0 Å². The number of hydrogen-bond donors (Lipinski definition) is 1. The van der Waals surface area contributed by atoms with Crippen LogP contribution in [0.15, 0.2) is 40.9 Å². The van der Waals surface area contributed by atoms with Gasteiger partial charge in [0.15, 0.2) is 0 Å². The lowest BCUT2D eigenvalue weighted by molar-refractivity contribution is 0.305. The molecule has 0 aliphatic carbocycles. The van der Waals surface area contributed by atoms with Crippen molar-refractivity contribution in [3.8, 4) is 5.75 Å². The molecule has 0 aliphatic rings. The Balaban J connectivity index is 2.06. The van der Waals surface area contributed by atoms with Crippen LogP contribution in [0.5, 0.6) is 5.75 Å². The Bertz CT molecular complexity index is 606. The highest BCUT2D eigenvalue weighted by Crippen LogP contribution is 2.24. The summed E-state index contributed by atoms with van der Waals surface area (Å²) in [4.78, 5) is 0. The van der Waals surface area contributed by atoms with Gasteiger partial charge in [-0.3, -0.25) is 0 Å². The molecule has 0 heterocycles. The molecule has 20 heavy (non-hydrogen) atoms. The normalized spacial score (nSPS) is 10.6. The zero-order valence-electron chi connectivity index (χ0n) is 10.9. The molecule has 2 aromatic rings. The maximum absolute atomic E-state index is 13.1. The number of nitrogens with one attached hydrogen (secondary N) is 1. The summed E-state index contributed by atoms with van der Waals surface area (Å²) in [6.45, 7) is 1.10. The predicted octanol–water partition coefficient (Wildman–Crippen LogP) is 4.54. The van der Waals surface area contributed by atoms with Crippen molar-refractivity contribution in [2.45, 2.75) is 13.2 Å². The molecule has 0 bridgehead atoms. The Kier molecular flexibility index (Phi) is 5.40. The Morgan fingerprint density at radius 2 is 2.05 bits per heavy atom. The smallest absolute Gasteiger partial charge is 0.141 e. The SMILES string of the molecule is CNCc1cc(OCc2ccc(F)c(Cl)c2)ccc1Br. The summed E-state index contributed by atoms with van der Waals surface area (Å²) >= 11 is 9.23. The van der Waals surface area contributed by atoms with Crippen molar-refractivity contribution in [2.75, 3.05) is 7.05 Å². The second-order valence-electron chi connectivity index (χ2n) is 4.32. The average Bonchev–Trinajstić information content (AvgIpc) is 2.43. The minimum atomic E-state index is -0.421. The molecule has 2 rings (SSSR count). The molecule has 2 nitrogen and oxygen atoms in total. The highest BCUT2D eigenvalue weighted by molar-refractivity contribution is 9.10. The molecule has 0 aliphatic heterocycles. The summed E-state index contributed by atoms with van der Waals surface area (Å²) in [6.07, 6.45) is 0. The van der Waals surface area contributed by atoms with Gasteiger partial charge in [-0.1, -0.05) is 33.6 Å². The Labute approximate surface area is 131 Å². The first-order valence-electron chi connectivity index (χ1n) is 6.10. The van der Waals surface area contributed by atoms with Gasteiger partial charge in [0.1, 0.15) is 18.2 Å². The molecule has 0 fully saturated rings. The predicted molar refractivity (Wildman–Crippen MR) is 82.6 cm³/mol. The second kappa shape index (κ2) is 7.07. The molecular formula is C15H14BrClFNO. The van der Waals surface area contributed by atoms with Gasteiger partial charge in [-0.05, 0) is 48.5 Å². The van der Waals surface area contributed by atoms with Crippen molar-refractivity contribution < 1.29 is 9.13 Å². The highest BCUT2D eigenvalue weighted by Gasteiger charge is 2.04. The summed E-state index contributed by atoms with van der Waals surface area (Å²) in [5.74, 6) is 0.342. The third-order valence-electron chi connectivity index (χ3n) is 2.77. The number of ether oxygens (including phenoxy) is 1. The molecule has 1 N–H and O–H groups in total. The average molecular weight is 359 g/mol. The van der Waals surface area contributed by atoms with E-state index in [1.807, 2.05) is 25.2 Å². The lowest BCUT2D eigenvalue weighted by atomic mass is 10.2. The fourth-order valence-electron chi connectivity index (χ4n) is 1.76. The number of benzene rings is 2. The minimum absolute atomic E-state index is 0.109. The first-order valence-corrected chi connectivity index (χ1v) is 7.27. The summed E-state index contributed by atoms with van der Waals surface area (Å²) < 4.78 is 19.8. The topological polar surface area (TPSA) is 21.3 Å². The van der Waals surface area contributed by atoms with Crippen molar-refractivity contribution in [1.29, 1.82) is 0 Å². The zero-order chi connectivity index (χ0) is 14.5. The molecule has 2 aromatic carbocycles. The molecule has 0 saturated carbocycles. The van der Waals surface area contributed by atoms with E-state index in [9.17, 15) is 4.39 Å². The van der Waals surface area contributed by atoms with Crippen LogP contribution in [-0.2, 0) is 13.2 Å². The van der Waals surface area contributed by atoms with Crippen molar-refractivity contribution >= 4 is 27.5 Å². The quantitative estimate of drug-likeness (QED) is 0.847. The monoisotopic (exact) mass is 357 g/mol. The third-order valence-corrected chi connectivity index (χ3v) is 3.84. The van der Waals surface area contributed by atoms with Crippen LogP contribution >= 0.6 is 27.5 Å². The van der Waals surface area contributed by atoms with Gasteiger partial charge in [0.2, 0.25) is 0 Å². The fraction of sp³-hybridized carbons (Fsp3) is 0.200. The van der Waals surface area contributed by atoms with Crippen LogP contribution in [-0.4, -0.2) is 7.05 Å². The number of hydrogen-bond acceptors (Lipinski definition) is 2. The maximum atomic E-state index is 13.1. The Hall–Kier alpha value is -1.10. The van der Waals surface area contributed by atoms with Gasteiger partial charge in [0.25, 0.3) is 0 Å². The van der Waals surface area contributed by atoms with E-state index in [2.05, 4.69) is 21.2 Å². The van der Waals surface area contributed by atoms with Crippen LogP contribution < -0.4 is 10.1 Å². The molecule has 106 valence electrons. The summed E-state index contributed by atoms with van der Waals surface area (Å²) in [6, 6.07) is 10.4. The standard InChI is InChI=1S/C15H14BrClFNO/c1-19-8-11-7-12(3-4-13(11)16)20-9-10-2-5-15(18)14(17)6-10/h2-7,19H,8-9H2,1H3. The maximum Gasteiger partial charge on any atom is 0.141 e. The van der Waals surface area contributed by atoms with Crippen LogP contribution in [0.2, 0.25) is 5.02 Å². The van der Waals surface area contributed by atoms with Gasteiger partial charge >= 0.3 is 0 Å². The molecule has 0 atom stereocenters. The molecule has 0 radical (unpaired) electrons. The molecule has 0 unspecified atom stereocenters. The number of rotatable bonds is 5. The van der Waals surface area contributed by atoms with Crippen molar-refractivity contribution in [2.24, 2.45) is 0 Å². The van der Waals surface area contributed by atoms with E-state index in [-0.39, 0.29) is 5.02 Å². The molecule has 0 spiro atoms. The second-order valence-corrected chi connectivity index (χ2v) is 5.58. The van der Waals surface area contributed by atoms with Gasteiger partial charge in [0, 0.05) is 11.0 Å². The molecule has 0 saturated heterocycles. The summed E-state index contributed by atoms with van der Waals surface area (Å²) in [5, 5.41) is 3.20. The van der Waals surface area contributed by atoms with Crippen molar-refractivity contribution in [1.82, 2.24) is 5.32 Å². The molecular weight excluding hydrogens is 345 g/mol. The highest BCUT2D eigenvalue weighted by atomic mass is 79.9. The van der Waals surface area contributed by atoms with E-state index in [1.54, 1.807) is 12.1 Å². The van der Waals surface area contributed by atoms with E-state index in [0.29, 0.717) is 6.61 Å². The van der Waals surface area contributed by atoms with Crippen LogP contribution in [0.4, 0.5) is 4.39 Å². The first kappa shape index (κ1) is 15.3. The number of halogens is 3. The molecule has 0 aromatic heterocycles. The lowest BCUT2D eigenvalue weighted by Crippen LogP contribution is -2.06. The first-order chi connectivity index (χ1) is 9.60. The van der Waals surface area contributed by atoms with Crippen molar-refractivity contribution in [3.05, 3.63) is 62.8 Å². The third kappa shape index (κ3) is 3.95. The summed E-state index contributed by atoms with van der Waals surface area (Å²) in [7, 11) is 1.89. The van der Waals surface area contributed by atoms with Crippen LogP contribution in [0.1, 0.15) is 11.1 Å². The molecule has 0 amide bonds. The van der Waals surface area contributed by atoms with E-state index >= 15 is 0 Å². The van der Waals surface area contributed by atoms with Crippen molar-refractivity contribution in [3.63, 3.8) is 0 Å². The van der Waals surface area contributed by atoms with Gasteiger partial charge in [-0.2, -0.15) is 0 Å². The lowest BCUT2D eigenvalue weighted by Gasteiger charge is -2.10. The van der Waals surface area contributed by atoms with E-state index < -0.39 is 5.82 Å². The minimum Gasteiger partial charge on any atom is -0.489 e. The van der Waals surface area contributed by atoms with E-state index in [0.717, 1.165) is 27.9 Å². The van der Waals surface area contributed by atoms with Gasteiger partial charge in [0.05, 0.1) is 5.02 Å². The van der Waals surface area contributed by atoms with Gasteiger partial charge < -0.3 is 10.1 Å².